The first-order valence-corrected chi connectivity index (χ1v) is 2.32. The third kappa shape index (κ3) is 2.50. The third-order valence-corrected chi connectivity index (χ3v) is 0.891. The Bertz CT molecular complexity index is 137. The normalized spacial score (nSPS) is 11.8. The predicted molar refractivity (Wildman–Crippen MR) is 28.4 cm³/mol. The van der Waals surface area contributed by atoms with Gasteiger partial charge in [-0.1, -0.05) is 0 Å². The van der Waals surface area contributed by atoms with E-state index < -0.39 is 11.3 Å². The lowest BCUT2D eigenvalue weighted by atomic mass is 10.4. The highest BCUT2D eigenvalue weighted by Gasteiger charge is 2.05. The van der Waals surface area contributed by atoms with E-state index in [-0.39, 0.29) is 0 Å². The van der Waals surface area contributed by atoms with Crippen molar-refractivity contribution in [3.8, 4) is 0 Å². The van der Waals surface area contributed by atoms with Gasteiger partial charge in [-0.25, -0.2) is 4.79 Å². The maximum absolute atomic E-state index is 10.0. The Morgan fingerprint density at radius 2 is 2.38 bits per heavy atom. The molecule has 8 heavy (non-hydrogen) atoms. The van der Waals surface area contributed by atoms with Crippen molar-refractivity contribution >= 4 is 22.9 Å². The lowest BCUT2D eigenvalue weighted by molar-refractivity contribution is -0.112. The van der Waals surface area contributed by atoms with Crippen LogP contribution in [0.4, 0.5) is 0 Å². The van der Waals surface area contributed by atoms with Gasteiger partial charge in [-0.2, -0.15) is 4.99 Å². The number of isocyanates is 1. The summed E-state index contributed by atoms with van der Waals surface area (Å²) in [4.78, 5) is 22.5. The third-order valence-electron chi connectivity index (χ3n) is 0.575. The van der Waals surface area contributed by atoms with E-state index in [2.05, 4.69) is 4.99 Å². The lowest BCUT2D eigenvalue weighted by Crippen LogP contribution is -2.05. The summed E-state index contributed by atoms with van der Waals surface area (Å²) in [7, 11) is 0. The van der Waals surface area contributed by atoms with Crippen molar-refractivity contribution in [3.63, 3.8) is 0 Å². The van der Waals surface area contributed by atoms with Gasteiger partial charge < -0.3 is 0 Å². The van der Waals surface area contributed by atoms with Crippen molar-refractivity contribution in [2.75, 3.05) is 0 Å². The number of carbonyl (C=O) groups is 1. The van der Waals surface area contributed by atoms with Gasteiger partial charge in [-0.05, 0) is 18.5 Å². The van der Waals surface area contributed by atoms with E-state index >= 15 is 0 Å². The first-order valence-electron chi connectivity index (χ1n) is 1.95. The molecule has 0 aromatic carbocycles. The van der Waals surface area contributed by atoms with E-state index in [9.17, 15) is 9.59 Å². The standard InChI is InChI=1S/C4H4ClNO2/c1-3(4(5)8)6-2-7/h3H,1H3. The number of hydrogen-bond acceptors (Lipinski definition) is 3. The average Bonchev–Trinajstić information content (AvgIpc) is 1.67. The van der Waals surface area contributed by atoms with Crippen LogP contribution in [-0.4, -0.2) is 17.4 Å². The molecule has 1 atom stereocenters. The Labute approximate surface area is 51.4 Å². The molecule has 0 heterocycles. The predicted octanol–water partition coefficient (Wildman–Crippen LogP) is 0.476. The number of carbonyl (C=O) groups excluding carboxylic acids is 2. The van der Waals surface area contributed by atoms with Gasteiger partial charge >= 0.3 is 0 Å². The molecule has 0 saturated heterocycles. The minimum atomic E-state index is -0.755. The highest BCUT2D eigenvalue weighted by molar-refractivity contribution is 6.64. The SMILES string of the molecule is CC(N=C=O)C(=O)Cl. The van der Waals surface area contributed by atoms with Gasteiger partial charge in [0.05, 0.1) is 0 Å². The summed E-state index contributed by atoms with van der Waals surface area (Å²) in [5.41, 5.74) is 0. The summed E-state index contributed by atoms with van der Waals surface area (Å²) >= 11 is 4.90. The molecule has 4 heteroatoms. The Hall–Kier alpha value is -0.660. The Balaban J connectivity index is 3.82. The molecule has 0 aliphatic rings. The molecule has 0 bridgehead atoms. The van der Waals surface area contributed by atoms with Crippen LogP contribution in [0.15, 0.2) is 4.99 Å². The topological polar surface area (TPSA) is 46.5 Å². The molecule has 0 aliphatic carbocycles. The van der Waals surface area contributed by atoms with Crippen LogP contribution in [0.3, 0.4) is 0 Å². The molecule has 0 fully saturated rings. The molecular formula is C4H4ClNO2. The first kappa shape index (κ1) is 7.34. The molecule has 0 spiro atoms. The van der Waals surface area contributed by atoms with Crippen LogP contribution >= 0.6 is 11.6 Å². The molecule has 0 rings (SSSR count). The van der Waals surface area contributed by atoms with Gasteiger partial charge in [0.15, 0.2) is 0 Å². The molecule has 0 radical (unpaired) electrons. The number of hydrogen-bond donors (Lipinski definition) is 0. The number of nitrogens with zero attached hydrogens (tertiary/aromatic N) is 1. The van der Waals surface area contributed by atoms with Crippen molar-refractivity contribution in [1.82, 2.24) is 0 Å². The fourth-order valence-electron chi connectivity index (χ4n) is 0.130. The van der Waals surface area contributed by atoms with Crippen molar-refractivity contribution in [3.05, 3.63) is 0 Å². The zero-order chi connectivity index (χ0) is 6.57. The molecule has 0 aromatic heterocycles. The molecule has 44 valence electrons. The molecule has 0 N–H and O–H groups in total. The molecular weight excluding hydrogens is 130 g/mol. The van der Waals surface area contributed by atoms with E-state index in [1.54, 1.807) is 0 Å². The summed E-state index contributed by atoms with van der Waals surface area (Å²) in [5.74, 6) is 0. The van der Waals surface area contributed by atoms with Gasteiger partial charge in [0.2, 0.25) is 11.3 Å². The second-order valence-electron chi connectivity index (χ2n) is 1.20. The zero-order valence-electron chi connectivity index (χ0n) is 4.22. The maximum Gasteiger partial charge on any atom is 0.246 e. The highest BCUT2D eigenvalue weighted by Crippen LogP contribution is 1.92. The van der Waals surface area contributed by atoms with Gasteiger partial charge in [-0.3, -0.25) is 4.79 Å². The summed E-state index contributed by atoms with van der Waals surface area (Å²) in [6.45, 7) is 1.42. The van der Waals surface area contributed by atoms with Crippen molar-refractivity contribution < 1.29 is 9.59 Å². The first-order chi connectivity index (χ1) is 3.68. The van der Waals surface area contributed by atoms with Crippen LogP contribution < -0.4 is 0 Å². The largest absolute Gasteiger partial charge is 0.279 e. The van der Waals surface area contributed by atoms with Crippen molar-refractivity contribution in [1.29, 1.82) is 0 Å². The van der Waals surface area contributed by atoms with Gasteiger partial charge in [0.25, 0.3) is 0 Å². The van der Waals surface area contributed by atoms with Crippen molar-refractivity contribution in [2.24, 2.45) is 4.99 Å². The van der Waals surface area contributed by atoms with Crippen LogP contribution in [-0.2, 0) is 9.59 Å². The Kier molecular flexibility index (Phi) is 3.08. The maximum atomic E-state index is 10.0. The minimum absolute atomic E-state index is 0.645. The molecule has 0 aromatic rings. The molecule has 3 nitrogen and oxygen atoms in total. The second-order valence-corrected chi connectivity index (χ2v) is 1.57. The number of halogens is 1. The fraction of sp³-hybridized carbons (Fsp3) is 0.500. The highest BCUT2D eigenvalue weighted by atomic mass is 35.5. The summed E-state index contributed by atoms with van der Waals surface area (Å²) in [6, 6.07) is -0.755. The van der Waals surface area contributed by atoms with E-state index in [1.807, 2.05) is 0 Å². The molecule has 1 unspecified atom stereocenters. The molecule has 0 saturated carbocycles. The zero-order valence-corrected chi connectivity index (χ0v) is 4.97. The summed E-state index contributed by atoms with van der Waals surface area (Å²) in [6.07, 6.45) is 1.22. The van der Waals surface area contributed by atoms with Crippen LogP contribution in [0.5, 0.6) is 0 Å². The van der Waals surface area contributed by atoms with E-state index in [4.69, 9.17) is 11.6 Å². The van der Waals surface area contributed by atoms with E-state index in [1.165, 1.54) is 13.0 Å². The average molecular weight is 134 g/mol. The Morgan fingerprint density at radius 1 is 1.88 bits per heavy atom. The molecule has 0 aliphatic heterocycles. The second kappa shape index (κ2) is 3.36. The fourth-order valence-corrected chi connectivity index (χ4v) is 0.179. The monoisotopic (exact) mass is 133 g/mol. The summed E-state index contributed by atoms with van der Waals surface area (Å²) < 4.78 is 0. The van der Waals surface area contributed by atoms with Gasteiger partial charge in [-0.15, -0.1) is 0 Å². The lowest BCUT2D eigenvalue weighted by Gasteiger charge is -1.89. The van der Waals surface area contributed by atoms with Gasteiger partial charge in [0.1, 0.15) is 6.04 Å². The van der Waals surface area contributed by atoms with Crippen LogP contribution in [0.1, 0.15) is 6.92 Å². The summed E-state index contributed by atoms with van der Waals surface area (Å²) in [5, 5.41) is -0.645. The van der Waals surface area contributed by atoms with Crippen LogP contribution in [0.25, 0.3) is 0 Å². The quantitative estimate of drug-likeness (QED) is 0.312. The van der Waals surface area contributed by atoms with Crippen LogP contribution in [0.2, 0.25) is 0 Å². The van der Waals surface area contributed by atoms with Gasteiger partial charge in [0, 0.05) is 0 Å². The van der Waals surface area contributed by atoms with Crippen LogP contribution in [0, 0.1) is 0 Å². The smallest absolute Gasteiger partial charge is 0.246 e. The van der Waals surface area contributed by atoms with Crippen molar-refractivity contribution in [2.45, 2.75) is 13.0 Å². The Morgan fingerprint density at radius 3 is 2.50 bits per heavy atom. The number of aliphatic imine (C=N–C) groups is 1. The molecule has 0 amide bonds. The minimum Gasteiger partial charge on any atom is -0.279 e. The number of rotatable bonds is 2. The van der Waals surface area contributed by atoms with E-state index in [0.717, 1.165) is 0 Å². The van der Waals surface area contributed by atoms with E-state index in [0.29, 0.717) is 0 Å².